The van der Waals surface area contributed by atoms with E-state index in [4.69, 9.17) is 15.2 Å². The highest BCUT2D eigenvalue weighted by Crippen LogP contribution is 2.29. The van der Waals surface area contributed by atoms with Gasteiger partial charge in [-0.25, -0.2) is 0 Å². The molecule has 0 saturated carbocycles. The number of pyridine rings is 1. The molecular formula is C20H38N4O2. The molecule has 6 nitrogen and oxygen atoms in total. The van der Waals surface area contributed by atoms with Crippen molar-refractivity contribution in [3.8, 4) is 5.88 Å². The molecule has 2 heterocycles. The lowest BCUT2D eigenvalue weighted by Crippen LogP contribution is -2.38. The lowest BCUT2D eigenvalue weighted by molar-refractivity contribution is 0.0319. The van der Waals surface area contributed by atoms with Crippen molar-refractivity contribution in [3.63, 3.8) is 0 Å². The van der Waals surface area contributed by atoms with Gasteiger partial charge >= 0.3 is 0 Å². The van der Waals surface area contributed by atoms with Crippen LogP contribution in [0.25, 0.3) is 0 Å². The highest BCUT2D eigenvalue weighted by molar-refractivity contribution is 5.61. The summed E-state index contributed by atoms with van der Waals surface area (Å²) in [6.07, 6.45) is 2.21. The maximum Gasteiger partial charge on any atom is 0.220 e. The third kappa shape index (κ3) is 7.00. The number of nitrogens with two attached hydrogens (primary N) is 1. The Balaban J connectivity index is 0.00000163. The van der Waals surface area contributed by atoms with E-state index in [1.807, 2.05) is 19.9 Å². The normalized spacial score (nSPS) is 14.5. The van der Waals surface area contributed by atoms with Gasteiger partial charge in [0.2, 0.25) is 5.88 Å². The van der Waals surface area contributed by atoms with Gasteiger partial charge in [-0.2, -0.15) is 4.98 Å². The Hall–Kier alpha value is -1.53. The van der Waals surface area contributed by atoms with Crippen LogP contribution >= 0.6 is 0 Å². The summed E-state index contributed by atoms with van der Waals surface area (Å²) in [6.45, 7) is 17.6. The van der Waals surface area contributed by atoms with E-state index in [1.165, 1.54) is 0 Å². The summed E-state index contributed by atoms with van der Waals surface area (Å²) in [5.74, 6) is 1.18. The number of rotatable bonds is 9. The molecule has 1 fully saturated rings. The van der Waals surface area contributed by atoms with Gasteiger partial charge in [0.25, 0.3) is 0 Å². The summed E-state index contributed by atoms with van der Waals surface area (Å²) in [6, 6.07) is 1.97. The van der Waals surface area contributed by atoms with Crippen LogP contribution in [0.1, 0.15) is 46.1 Å². The topological polar surface area (TPSA) is 63.8 Å². The van der Waals surface area contributed by atoms with Crippen molar-refractivity contribution >= 4 is 11.5 Å². The van der Waals surface area contributed by atoms with E-state index in [0.29, 0.717) is 18.3 Å². The molecule has 1 aliphatic rings. The van der Waals surface area contributed by atoms with Crippen LogP contribution in [0.15, 0.2) is 6.07 Å². The average Bonchev–Trinajstić information content (AvgIpc) is 2.66. The van der Waals surface area contributed by atoms with Crippen LogP contribution < -0.4 is 15.4 Å². The second kappa shape index (κ2) is 12.8. The fraction of sp³-hybridized carbons (Fsp3) is 0.750. The zero-order chi connectivity index (χ0) is 19.4. The average molecular weight is 367 g/mol. The summed E-state index contributed by atoms with van der Waals surface area (Å²) in [4.78, 5) is 9.14. The van der Waals surface area contributed by atoms with Crippen LogP contribution in [0.2, 0.25) is 0 Å². The Morgan fingerprint density at radius 1 is 1.19 bits per heavy atom. The molecule has 0 spiro atoms. The van der Waals surface area contributed by atoms with Crippen LogP contribution in [0.4, 0.5) is 11.5 Å². The highest BCUT2D eigenvalue weighted by Gasteiger charge is 2.15. The van der Waals surface area contributed by atoms with Crippen LogP contribution in [0, 0.1) is 6.92 Å². The fourth-order valence-electron chi connectivity index (χ4n) is 3.05. The van der Waals surface area contributed by atoms with Crippen LogP contribution in [-0.4, -0.2) is 62.4 Å². The van der Waals surface area contributed by atoms with Gasteiger partial charge in [0.15, 0.2) is 0 Å². The molecule has 0 aliphatic carbocycles. The molecule has 2 rings (SSSR count). The molecule has 26 heavy (non-hydrogen) atoms. The van der Waals surface area contributed by atoms with Crippen molar-refractivity contribution in [1.29, 1.82) is 0 Å². The monoisotopic (exact) mass is 366 g/mol. The predicted molar refractivity (Wildman–Crippen MR) is 110 cm³/mol. The zero-order valence-corrected chi connectivity index (χ0v) is 17.4. The molecular weight excluding hydrogens is 328 g/mol. The standard InChI is InChI=1S/C18H32N4O2.C2H6/c1-4-6-22(7-5-2)16-14-17(19)20-18(15(16)3)24-13-10-21-8-11-23-12-9-21;1-2/h14H,4-13H2,1-3H3,(H2,19,20);1-2H3. The maximum absolute atomic E-state index is 6.03. The molecule has 2 N–H and O–H groups in total. The van der Waals surface area contributed by atoms with Crippen molar-refractivity contribution in [2.45, 2.75) is 47.5 Å². The third-order valence-electron chi connectivity index (χ3n) is 4.30. The second-order valence-electron chi connectivity index (χ2n) is 6.29. The minimum atomic E-state index is 0.522. The van der Waals surface area contributed by atoms with E-state index in [-0.39, 0.29) is 0 Å². The van der Waals surface area contributed by atoms with Gasteiger partial charge in [-0.3, -0.25) is 4.90 Å². The summed E-state index contributed by atoms with van der Waals surface area (Å²) in [5, 5.41) is 0. The molecule has 1 aromatic heterocycles. The lowest BCUT2D eigenvalue weighted by atomic mass is 10.2. The summed E-state index contributed by atoms with van der Waals surface area (Å²) in [7, 11) is 0. The van der Waals surface area contributed by atoms with Crippen LogP contribution in [0.5, 0.6) is 5.88 Å². The second-order valence-corrected chi connectivity index (χ2v) is 6.29. The summed E-state index contributed by atoms with van der Waals surface area (Å²) < 4.78 is 11.3. The van der Waals surface area contributed by atoms with Gasteiger partial charge in [-0.15, -0.1) is 0 Å². The molecule has 6 heteroatoms. The van der Waals surface area contributed by atoms with Gasteiger partial charge < -0.3 is 20.1 Å². The van der Waals surface area contributed by atoms with Gasteiger partial charge in [0.1, 0.15) is 12.4 Å². The predicted octanol–water partition coefficient (Wildman–Crippen LogP) is 3.34. The molecule has 0 atom stereocenters. The first-order valence-corrected chi connectivity index (χ1v) is 10.1. The maximum atomic E-state index is 6.03. The molecule has 0 bridgehead atoms. The third-order valence-corrected chi connectivity index (χ3v) is 4.30. The molecule has 0 aromatic carbocycles. The molecule has 1 aromatic rings. The summed E-state index contributed by atoms with van der Waals surface area (Å²) >= 11 is 0. The van der Waals surface area contributed by atoms with Crippen molar-refractivity contribution < 1.29 is 9.47 Å². The Morgan fingerprint density at radius 2 is 1.81 bits per heavy atom. The number of hydrogen-bond donors (Lipinski definition) is 1. The Morgan fingerprint density at radius 3 is 2.38 bits per heavy atom. The van der Waals surface area contributed by atoms with Gasteiger partial charge in [-0.05, 0) is 19.8 Å². The lowest BCUT2D eigenvalue weighted by Gasteiger charge is -2.28. The van der Waals surface area contributed by atoms with Crippen LogP contribution in [-0.2, 0) is 4.74 Å². The van der Waals surface area contributed by atoms with E-state index in [9.17, 15) is 0 Å². The number of nitrogens with zero attached hydrogens (tertiary/aromatic N) is 3. The number of morpholine rings is 1. The minimum Gasteiger partial charge on any atom is -0.476 e. The van der Waals surface area contributed by atoms with E-state index < -0.39 is 0 Å². The van der Waals surface area contributed by atoms with Crippen LogP contribution in [0.3, 0.4) is 0 Å². The van der Waals surface area contributed by atoms with Gasteiger partial charge in [-0.1, -0.05) is 27.7 Å². The van der Waals surface area contributed by atoms with Crippen molar-refractivity contribution in [2.75, 3.05) is 63.2 Å². The summed E-state index contributed by atoms with van der Waals surface area (Å²) in [5.41, 5.74) is 8.25. The largest absolute Gasteiger partial charge is 0.476 e. The van der Waals surface area contributed by atoms with E-state index >= 15 is 0 Å². The van der Waals surface area contributed by atoms with E-state index in [1.54, 1.807) is 0 Å². The fourth-order valence-corrected chi connectivity index (χ4v) is 3.05. The van der Waals surface area contributed by atoms with Gasteiger partial charge in [0.05, 0.1) is 13.2 Å². The number of anilines is 2. The smallest absolute Gasteiger partial charge is 0.220 e. The molecule has 0 unspecified atom stereocenters. The van der Waals surface area contributed by atoms with E-state index in [0.717, 1.165) is 70.0 Å². The van der Waals surface area contributed by atoms with Crippen molar-refractivity contribution in [2.24, 2.45) is 0 Å². The number of aromatic nitrogens is 1. The quantitative estimate of drug-likeness (QED) is 0.723. The number of nitrogen functional groups attached to an aromatic ring is 1. The SMILES string of the molecule is CC.CCCN(CCC)c1cc(N)nc(OCCN2CCOCC2)c1C. The molecule has 1 saturated heterocycles. The Bertz CT molecular complexity index is 499. The molecule has 1 aliphatic heterocycles. The first kappa shape index (κ1) is 22.5. The van der Waals surface area contributed by atoms with Crippen molar-refractivity contribution in [1.82, 2.24) is 9.88 Å². The number of hydrogen-bond acceptors (Lipinski definition) is 6. The molecule has 0 radical (unpaired) electrons. The van der Waals surface area contributed by atoms with E-state index in [2.05, 4.69) is 35.6 Å². The molecule has 150 valence electrons. The first-order chi connectivity index (χ1) is 12.7. The Kier molecular flexibility index (Phi) is 11.1. The Labute approximate surface area is 159 Å². The minimum absolute atomic E-state index is 0.522. The highest BCUT2D eigenvalue weighted by atomic mass is 16.5. The van der Waals surface area contributed by atoms with Gasteiger partial charge in [0, 0.05) is 50.0 Å². The zero-order valence-electron chi connectivity index (χ0n) is 17.4. The first-order valence-electron chi connectivity index (χ1n) is 10.1. The van der Waals surface area contributed by atoms with Crippen molar-refractivity contribution in [3.05, 3.63) is 11.6 Å². The number of ether oxygens (including phenoxy) is 2. The molecule has 0 amide bonds.